The van der Waals surface area contributed by atoms with E-state index in [-0.39, 0.29) is 16.9 Å². The van der Waals surface area contributed by atoms with Gasteiger partial charge in [0, 0.05) is 25.1 Å². The summed E-state index contributed by atoms with van der Waals surface area (Å²) in [5, 5.41) is 0. The van der Waals surface area contributed by atoms with Gasteiger partial charge in [-0.3, -0.25) is 4.79 Å². The molecule has 3 aliphatic rings. The number of piperidine rings is 1. The number of likely N-dealkylation sites (tertiary alicyclic amines) is 1. The first-order valence-electron chi connectivity index (χ1n) is 8.95. The van der Waals surface area contributed by atoms with E-state index in [0.717, 1.165) is 0 Å². The first-order valence-corrected chi connectivity index (χ1v) is 10.4. The van der Waals surface area contributed by atoms with Crippen molar-refractivity contribution < 1.29 is 27.5 Å². The molecule has 0 aliphatic carbocycles. The molecule has 4 rings (SSSR count). The van der Waals surface area contributed by atoms with E-state index in [0.29, 0.717) is 43.8 Å². The lowest BCUT2D eigenvalue weighted by molar-refractivity contribution is -0.164. The fourth-order valence-electron chi connectivity index (χ4n) is 3.70. The number of benzene rings is 1. The standard InChI is InChI=1S/C18H20N2O6S/c1-11-10-14(18(22)25-11)26-17(21)12-6-8-20(9-7-12)16-13-4-2-3-5-15(13)27(23,24)19-16/h2-5,11-12,14H,6-10H2,1H3/t11-,14+/m0/s1. The summed E-state index contributed by atoms with van der Waals surface area (Å²) >= 11 is 0. The van der Waals surface area contributed by atoms with Gasteiger partial charge in [-0.2, -0.15) is 8.42 Å². The highest BCUT2D eigenvalue weighted by Crippen LogP contribution is 2.30. The summed E-state index contributed by atoms with van der Waals surface area (Å²) in [5.74, 6) is -0.771. The van der Waals surface area contributed by atoms with Crippen molar-refractivity contribution in [2.24, 2.45) is 10.3 Å². The van der Waals surface area contributed by atoms with Crippen molar-refractivity contribution in [1.82, 2.24) is 4.90 Å². The molecule has 2 saturated heterocycles. The molecule has 144 valence electrons. The van der Waals surface area contributed by atoms with E-state index in [2.05, 4.69) is 4.40 Å². The number of carbonyl (C=O) groups excluding carboxylic acids is 2. The first-order chi connectivity index (χ1) is 12.8. The summed E-state index contributed by atoms with van der Waals surface area (Å²) in [6.45, 7) is 2.75. The van der Waals surface area contributed by atoms with Crippen molar-refractivity contribution >= 4 is 27.8 Å². The molecule has 0 radical (unpaired) electrons. The van der Waals surface area contributed by atoms with E-state index < -0.39 is 28.1 Å². The van der Waals surface area contributed by atoms with Gasteiger partial charge in [0.2, 0.25) is 6.10 Å². The van der Waals surface area contributed by atoms with E-state index in [1.165, 1.54) is 0 Å². The molecular weight excluding hydrogens is 372 g/mol. The minimum Gasteiger partial charge on any atom is -0.460 e. The van der Waals surface area contributed by atoms with Crippen LogP contribution in [-0.2, 0) is 29.1 Å². The lowest BCUT2D eigenvalue weighted by Crippen LogP contribution is -2.41. The van der Waals surface area contributed by atoms with Crippen molar-refractivity contribution in [3.63, 3.8) is 0 Å². The van der Waals surface area contributed by atoms with Gasteiger partial charge in [0.25, 0.3) is 10.0 Å². The Morgan fingerprint density at radius 1 is 1.26 bits per heavy atom. The van der Waals surface area contributed by atoms with Gasteiger partial charge in [0.1, 0.15) is 11.0 Å². The van der Waals surface area contributed by atoms with Crippen LogP contribution in [0.4, 0.5) is 0 Å². The van der Waals surface area contributed by atoms with E-state index in [9.17, 15) is 18.0 Å². The summed E-state index contributed by atoms with van der Waals surface area (Å²) in [6.07, 6.45) is 0.352. The Labute approximate surface area is 157 Å². The number of nitrogens with zero attached hydrogens (tertiary/aromatic N) is 2. The van der Waals surface area contributed by atoms with E-state index >= 15 is 0 Å². The monoisotopic (exact) mass is 392 g/mol. The van der Waals surface area contributed by atoms with Crippen LogP contribution in [0, 0.1) is 5.92 Å². The second-order valence-electron chi connectivity index (χ2n) is 7.06. The van der Waals surface area contributed by atoms with Crippen molar-refractivity contribution in [3.8, 4) is 0 Å². The molecule has 1 aromatic carbocycles. The Morgan fingerprint density at radius 3 is 2.63 bits per heavy atom. The van der Waals surface area contributed by atoms with Crippen LogP contribution in [0.5, 0.6) is 0 Å². The third-order valence-corrected chi connectivity index (χ3v) is 6.45. The van der Waals surface area contributed by atoms with E-state index in [1.54, 1.807) is 31.2 Å². The van der Waals surface area contributed by atoms with Gasteiger partial charge in [-0.25, -0.2) is 4.79 Å². The number of cyclic esters (lactones) is 1. The molecule has 2 atom stereocenters. The maximum Gasteiger partial charge on any atom is 0.347 e. The lowest BCUT2D eigenvalue weighted by Gasteiger charge is -2.32. The zero-order valence-corrected chi connectivity index (χ0v) is 15.6. The average Bonchev–Trinajstić information content (AvgIpc) is 3.11. The molecule has 0 aromatic heterocycles. The van der Waals surface area contributed by atoms with Crippen molar-refractivity contribution in [2.75, 3.05) is 13.1 Å². The number of hydrogen-bond donors (Lipinski definition) is 0. The highest BCUT2D eigenvalue weighted by Gasteiger charge is 2.38. The second kappa shape index (κ2) is 6.63. The summed E-state index contributed by atoms with van der Waals surface area (Å²) in [4.78, 5) is 26.1. The molecular formula is C18H20N2O6S. The van der Waals surface area contributed by atoms with E-state index in [1.807, 2.05) is 4.90 Å². The zero-order valence-electron chi connectivity index (χ0n) is 14.8. The van der Waals surface area contributed by atoms with Crippen LogP contribution in [0.3, 0.4) is 0 Å². The van der Waals surface area contributed by atoms with Gasteiger partial charge in [-0.1, -0.05) is 12.1 Å². The SMILES string of the molecule is C[C@H]1C[C@@H](OC(=O)C2CCN(C3=NS(=O)(=O)c4ccccc43)CC2)C(=O)O1. The summed E-state index contributed by atoms with van der Waals surface area (Å²) < 4.78 is 38.6. The molecule has 0 saturated carbocycles. The molecule has 0 spiro atoms. The highest BCUT2D eigenvalue weighted by molar-refractivity contribution is 7.90. The van der Waals surface area contributed by atoms with Gasteiger partial charge >= 0.3 is 11.9 Å². The Bertz CT molecular complexity index is 918. The Hall–Kier alpha value is -2.42. The summed E-state index contributed by atoms with van der Waals surface area (Å²) in [5.41, 5.74) is 0.598. The van der Waals surface area contributed by atoms with Gasteiger partial charge in [-0.15, -0.1) is 4.40 Å². The molecule has 2 fully saturated rings. The zero-order chi connectivity index (χ0) is 19.2. The summed E-state index contributed by atoms with van der Waals surface area (Å²) in [7, 11) is -3.66. The van der Waals surface area contributed by atoms with Crippen LogP contribution in [0.15, 0.2) is 33.6 Å². The van der Waals surface area contributed by atoms with Crippen LogP contribution >= 0.6 is 0 Å². The molecule has 8 nitrogen and oxygen atoms in total. The maximum absolute atomic E-state index is 12.4. The molecule has 1 aromatic rings. The fraction of sp³-hybridized carbons (Fsp3) is 0.500. The molecule has 9 heteroatoms. The minimum absolute atomic E-state index is 0.218. The Kier molecular flexibility index (Phi) is 4.41. The van der Waals surface area contributed by atoms with E-state index in [4.69, 9.17) is 9.47 Å². The molecule has 3 aliphatic heterocycles. The van der Waals surface area contributed by atoms with Crippen LogP contribution in [-0.4, -0.2) is 56.4 Å². The van der Waals surface area contributed by atoms with Gasteiger partial charge in [0.05, 0.1) is 5.92 Å². The van der Waals surface area contributed by atoms with Crippen LogP contribution in [0.1, 0.15) is 31.7 Å². The number of fused-ring (bicyclic) bond motifs is 1. The van der Waals surface area contributed by atoms with Gasteiger partial charge in [0.15, 0.2) is 5.84 Å². The molecule has 0 bridgehead atoms. The minimum atomic E-state index is -3.66. The quantitative estimate of drug-likeness (QED) is 0.694. The number of carbonyl (C=O) groups is 2. The number of esters is 2. The number of rotatable bonds is 2. The highest BCUT2D eigenvalue weighted by atomic mass is 32.2. The van der Waals surface area contributed by atoms with Crippen LogP contribution in [0.25, 0.3) is 0 Å². The van der Waals surface area contributed by atoms with Crippen LogP contribution < -0.4 is 0 Å². The molecule has 27 heavy (non-hydrogen) atoms. The molecule has 0 amide bonds. The summed E-state index contributed by atoms with van der Waals surface area (Å²) in [6, 6.07) is 6.74. The van der Waals surface area contributed by atoms with Gasteiger partial charge < -0.3 is 14.4 Å². The Balaban J connectivity index is 1.40. The Morgan fingerprint density at radius 2 is 1.96 bits per heavy atom. The number of hydrogen-bond acceptors (Lipinski definition) is 7. The third kappa shape index (κ3) is 3.31. The average molecular weight is 392 g/mol. The third-order valence-electron chi connectivity index (χ3n) is 5.12. The number of ether oxygens (including phenoxy) is 2. The smallest absolute Gasteiger partial charge is 0.347 e. The second-order valence-corrected chi connectivity index (χ2v) is 8.63. The lowest BCUT2D eigenvalue weighted by atomic mass is 9.96. The number of amidine groups is 1. The predicted molar refractivity (Wildman–Crippen MR) is 94.5 cm³/mol. The van der Waals surface area contributed by atoms with Crippen molar-refractivity contribution in [1.29, 1.82) is 0 Å². The molecule has 3 heterocycles. The van der Waals surface area contributed by atoms with Crippen LogP contribution in [0.2, 0.25) is 0 Å². The largest absolute Gasteiger partial charge is 0.460 e. The fourth-order valence-corrected chi connectivity index (χ4v) is 4.92. The van der Waals surface area contributed by atoms with Crippen molar-refractivity contribution in [2.45, 2.75) is 43.3 Å². The normalized spacial score (nSPS) is 27.1. The number of sulfonamides is 1. The van der Waals surface area contributed by atoms with Gasteiger partial charge in [-0.05, 0) is 31.9 Å². The topological polar surface area (TPSA) is 102 Å². The maximum atomic E-state index is 12.4. The first kappa shape index (κ1) is 18.0. The van der Waals surface area contributed by atoms with Crippen molar-refractivity contribution in [3.05, 3.63) is 29.8 Å². The molecule has 0 unspecified atom stereocenters. The predicted octanol–water partition coefficient (Wildman–Crippen LogP) is 1.09. The molecule has 0 N–H and O–H groups in total.